The minimum absolute atomic E-state index is 0.0119. The Bertz CT molecular complexity index is 732. The summed E-state index contributed by atoms with van der Waals surface area (Å²) in [4.78, 5) is 16.2. The lowest BCUT2D eigenvalue weighted by molar-refractivity contribution is -0.151. The molecule has 3 heterocycles. The predicted molar refractivity (Wildman–Crippen MR) is 104 cm³/mol. The molecular weight excluding hydrogens is 318 g/mol. The van der Waals surface area contributed by atoms with Crippen LogP contribution in [0.1, 0.15) is 49.1 Å². The van der Waals surface area contributed by atoms with E-state index in [0.29, 0.717) is 23.7 Å². The molecule has 5 atom stereocenters. The number of nitrogens with zero attached hydrogens (tertiary/aromatic N) is 1. The van der Waals surface area contributed by atoms with Gasteiger partial charge in [-0.3, -0.25) is 9.69 Å². The van der Waals surface area contributed by atoms with E-state index in [9.17, 15) is 4.79 Å². The van der Waals surface area contributed by atoms with E-state index in [1.54, 1.807) is 0 Å². The molecule has 0 radical (unpaired) electrons. The van der Waals surface area contributed by atoms with Crippen LogP contribution in [0.2, 0.25) is 0 Å². The summed E-state index contributed by atoms with van der Waals surface area (Å²) in [7, 11) is 0. The zero-order valence-electron chi connectivity index (χ0n) is 15.3. The molecule has 2 aromatic carbocycles. The molecule has 4 aliphatic rings. The molecule has 134 valence electrons. The number of ketones is 1. The Morgan fingerprint density at radius 2 is 1.42 bits per heavy atom. The molecule has 3 saturated heterocycles. The maximum atomic E-state index is 13.6. The maximum Gasteiger partial charge on any atom is 0.154 e. The summed E-state index contributed by atoms with van der Waals surface area (Å²) in [6, 6.07) is 22.0. The third-order valence-corrected chi connectivity index (χ3v) is 7.07. The first kappa shape index (κ1) is 16.3. The molecule has 6 rings (SSSR count). The van der Waals surface area contributed by atoms with Gasteiger partial charge in [0.15, 0.2) is 5.78 Å². The van der Waals surface area contributed by atoms with Crippen molar-refractivity contribution in [3.63, 3.8) is 0 Å². The molecular formula is C24H27NO. The quantitative estimate of drug-likeness (QED) is 0.807. The molecule has 2 heteroatoms. The number of fused-ring (bicyclic) bond motifs is 2. The molecule has 0 amide bonds. The molecule has 5 unspecified atom stereocenters. The monoisotopic (exact) mass is 345 g/mol. The van der Waals surface area contributed by atoms with Crippen molar-refractivity contribution in [3.05, 3.63) is 71.8 Å². The smallest absolute Gasteiger partial charge is 0.154 e. The highest BCUT2D eigenvalue weighted by Crippen LogP contribution is 2.49. The van der Waals surface area contributed by atoms with Crippen LogP contribution in [0.4, 0.5) is 0 Å². The van der Waals surface area contributed by atoms with Crippen LogP contribution in [0, 0.1) is 11.8 Å². The van der Waals surface area contributed by atoms with Gasteiger partial charge in [0, 0.05) is 17.9 Å². The van der Waals surface area contributed by atoms with Crippen LogP contribution >= 0.6 is 0 Å². The van der Waals surface area contributed by atoms with Gasteiger partial charge in [-0.25, -0.2) is 0 Å². The molecule has 0 spiro atoms. The Morgan fingerprint density at radius 1 is 0.808 bits per heavy atom. The molecule has 0 N–H and O–H groups in total. The van der Waals surface area contributed by atoms with Gasteiger partial charge in [-0.2, -0.15) is 0 Å². The van der Waals surface area contributed by atoms with Crippen molar-refractivity contribution in [1.29, 1.82) is 0 Å². The second-order valence-corrected chi connectivity index (χ2v) is 8.29. The second kappa shape index (κ2) is 6.66. The number of hydrogen-bond donors (Lipinski definition) is 0. The molecule has 2 nitrogen and oxygen atoms in total. The van der Waals surface area contributed by atoms with Crippen LogP contribution in [0.15, 0.2) is 60.7 Å². The number of carbonyl (C=O) groups is 1. The van der Waals surface area contributed by atoms with Crippen LogP contribution in [-0.4, -0.2) is 29.3 Å². The van der Waals surface area contributed by atoms with Crippen molar-refractivity contribution < 1.29 is 4.79 Å². The van der Waals surface area contributed by atoms with E-state index in [0.717, 1.165) is 13.0 Å². The number of Topliss-reactive ketones (excluding diaryl/α,β-unsaturated/α-hetero) is 1. The van der Waals surface area contributed by atoms with E-state index in [1.165, 1.54) is 36.8 Å². The number of benzene rings is 2. The fraction of sp³-hybridized carbons (Fsp3) is 0.458. The summed E-state index contributed by atoms with van der Waals surface area (Å²) in [6.07, 6.45) is 6.25. The largest absolute Gasteiger partial charge is 0.298 e. The number of carbonyl (C=O) groups excluding carboxylic acids is 1. The molecule has 4 fully saturated rings. The van der Waals surface area contributed by atoms with E-state index < -0.39 is 0 Å². The summed E-state index contributed by atoms with van der Waals surface area (Å²) in [6.45, 7) is 1.10. The lowest BCUT2D eigenvalue weighted by atomic mass is 9.62. The first-order chi connectivity index (χ1) is 12.8. The first-order valence-corrected chi connectivity index (χ1v) is 10.2. The Morgan fingerprint density at radius 3 is 2.08 bits per heavy atom. The van der Waals surface area contributed by atoms with Crippen molar-refractivity contribution in [2.75, 3.05) is 6.54 Å². The average molecular weight is 345 g/mol. The minimum atomic E-state index is 0.0119. The molecule has 0 aromatic heterocycles. The Kier molecular flexibility index (Phi) is 4.17. The van der Waals surface area contributed by atoms with E-state index >= 15 is 0 Å². The predicted octanol–water partition coefficient (Wildman–Crippen LogP) is 4.65. The molecule has 1 aliphatic carbocycles. The van der Waals surface area contributed by atoms with Crippen LogP contribution in [0.25, 0.3) is 0 Å². The molecule has 2 bridgehead atoms. The van der Waals surface area contributed by atoms with Gasteiger partial charge >= 0.3 is 0 Å². The van der Waals surface area contributed by atoms with Gasteiger partial charge in [-0.1, -0.05) is 73.5 Å². The summed E-state index contributed by atoms with van der Waals surface area (Å²) >= 11 is 0. The SMILES string of the molecule is O=C1C2CCN(C3CCCCC23)C1C(c1ccccc1)c1ccccc1. The summed E-state index contributed by atoms with van der Waals surface area (Å²) in [5.74, 6) is 1.58. The third kappa shape index (κ3) is 2.54. The zero-order valence-corrected chi connectivity index (χ0v) is 15.3. The Balaban J connectivity index is 1.59. The Labute approximate surface area is 156 Å². The Hall–Kier alpha value is -1.93. The number of piperidine rings is 3. The number of hydrogen-bond acceptors (Lipinski definition) is 2. The number of rotatable bonds is 3. The highest BCUT2D eigenvalue weighted by Gasteiger charge is 2.54. The van der Waals surface area contributed by atoms with E-state index in [-0.39, 0.29) is 12.0 Å². The summed E-state index contributed by atoms with van der Waals surface area (Å²) in [5, 5.41) is 0. The van der Waals surface area contributed by atoms with Gasteiger partial charge in [0.25, 0.3) is 0 Å². The van der Waals surface area contributed by atoms with E-state index in [1.807, 2.05) is 0 Å². The van der Waals surface area contributed by atoms with Crippen molar-refractivity contribution in [3.8, 4) is 0 Å². The van der Waals surface area contributed by atoms with E-state index in [4.69, 9.17) is 0 Å². The standard InChI is InChI=1S/C24H27NO/c26-24-20-15-16-25(21-14-8-7-13-19(20)21)23(24)22(17-9-3-1-4-10-17)18-11-5-2-6-12-18/h1-6,9-12,19-23H,7-8,13-16H2. The average Bonchev–Trinajstić information content (AvgIpc) is 2.72. The van der Waals surface area contributed by atoms with Crippen molar-refractivity contribution in [2.24, 2.45) is 11.8 Å². The topological polar surface area (TPSA) is 20.3 Å². The van der Waals surface area contributed by atoms with Crippen molar-refractivity contribution >= 4 is 5.78 Å². The molecule has 3 aliphatic heterocycles. The van der Waals surface area contributed by atoms with Gasteiger partial charge in [-0.15, -0.1) is 0 Å². The summed E-state index contributed by atoms with van der Waals surface area (Å²) in [5.41, 5.74) is 2.55. The van der Waals surface area contributed by atoms with Gasteiger partial charge in [0.1, 0.15) is 0 Å². The van der Waals surface area contributed by atoms with Crippen LogP contribution in [0.5, 0.6) is 0 Å². The summed E-state index contributed by atoms with van der Waals surface area (Å²) < 4.78 is 0. The molecule has 2 aromatic rings. The van der Waals surface area contributed by atoms with Crippen LogP contribution < -0.4 is 0 Å². The van der Waals surface area contributed by atoms with Crippen LogP contribution in [-0.2, 0) is 4.79 Å². The van der Waals surface area contributed by atoms with Gasteiger partial charge in [0.05, 0.1) is 6.04 Å². The molecule has 26 heavy (non-hydrogen) atoms. The zero-order chi connectivity index (χ0) is 17.5. The second-order valence-electron chi connectivity index (χ2n) is 8.29. The normalized spacial score (nSPS) is 33.3. The fourth-order valence-electron chi connectivity index (χ4n) is 6.00. The minimum Gasteiger partial charge on any atom is -0.298 e. The van der Waals surface area contributed by atoms with Gasteiger partial charge in [0.2, 0.25) is 0 Å². The third-order valence-electron chi connectivity index (χ3n) is 7.07. The van der Waals surface area contributed by atoms with Crippen molar-refractivity contribution in [2.45, 2.75) is 50.1 Å². The fourth-order valence-corrected chi connectivity index (χ4v) is 6.00. The van der Waals surface area contributed by atoms with Crippen LogP contribution in [0.3, 0.4) is 0 Å². The highest BCUT2D eigenvalue weighted by atomic mass is 16.1. The van der Waals surface area contributed by atoms with E-state index in [2.05, 4.69) is 65.6 Å². The lowest BCUT2D eigenvalue weighted by Crippen LogP contribution is -2.66. The van der Waals surface area contributed by atoms with Gasteiger partial charge < -0.3 is 0 Å². The van der Waals surface area contributed by atoms with Gasteiger partial charge in [-0.05, 0) is 42.9 Å². The lowest BCUT2D eigenvalue weighted by Gasteiger charge is -2.57. The first-order valence-electron chi connectivity index (χ1n) is 10.2. The molecule has 1 saturated carbocycles. The highest BCUT2D eigenvalue weighted by molar-refractivity contribution is 5.90. The maximum absolute atomic E-state index is 13.6. The van der Waals surface area contributed by atoms with Crippen molar-refractivity contribution in [1.82, 2.24) is 4.90 Å².